The Kier molecular flexibility index (Phi) is 2.26. The molecule has 1 aromatic heterocycles. The Hall–Kier alpha value is -1.71. The summed E-state index contributed by atoms with van der Waals surface area (Å²) in [6.07, 6.45) is 5.87. The highest BCUT2D eigenvalue weighted by Crippen LogP contribution is 2.19. The fourth-order valence-corrected chi connectivity index (χ4v) is 1.36. The van der Waals surface area contributed by atoms with Crippen LogP contribution in [0.4, 0.5) is 5.69 Å². The van der Waals surface area contributed by atoms with Crippen LogP contribution in [-0.4, -0.2) is 30.7 Å². The van der Waals surface area contributed by atoms with Gasteiger partial charge < -0.3 is 14.5 Å². The first-order chi connectivity index (χ1) is 6.79. The van der Waals surface area contributed by atoms with Gasteiger partial charge in [-0.3, -0.25) is 0 Å². The maximum absolute atomic E-state index is 4.99. The van der Waals surface area contributed by atoms with E-state index in [0.29, 0.717) is 5.88 Å². The summed E-state index contributed by atoms with van der Waals surface area (Å²) in [7, 11) is 3.65. The van der Waals surface area contributed by atoms with Crippen molar-refractivity contribution in [1.82, 2.24) is 9.88 Å². The number of pyridine rings is 1. The van der Waals surface area contributed by atoms with Gasteiger partial charge in [-0.15, -0.1) is 0 Å². The van der Waals surface area contributed by atoms with E-state index in [0.717, 1.165) is 12.4 Å². The van der Waals surface area contributed by atoms with Crippen LogP contribution in [-0.2, 0) is 0 Å². The molecule has 1 aliphatic heterocycles. The second-order valence-electron chi connectivity index (χ2n) is 3.23. The lowest BCUT2D eigenvalue weighted by atomic mass is 10.4. The number of methoxy groups -OCH3 is 1. The number of nitrogens with zero attached hydrogens (tertiary/aromatic N) is 3. The van der Waals surface area contributed by atoms with Crippen molar-refractivity contribution in [3.05, 3.63) is 30.7 Å². The van der Waals surface area contributed by atoms with Gasteiger partial charge in [-0.25, -0.2) is 4.98 Å². The lowest BCUT2D eigenvalue weighted by Crippen LogP contribution is -2.21. The quantitative estimate of drug-likeness (QED) is 0.704. The van der Waals surface area contributed by atoms with Gasteiger partial charge in [0.15, 0.2) is 0 Å². The summed E-state index contributed by atoms with van der Waals surface area (Å²) >= 11 is 0. The molecule has 0 radical (unpaired) electrons. The van der Waals surface area contributed by atoms with Gasteiger partial charge in [-0.05, 0) is 6.07 Å². The third kappa shape index (κ3) is 1.64. The van der Waals surface area contributed by atoms with E-state index in [-0.39, 0.29) is 0 Å². The third-order valence-corrected chi connectivity index (χ3v) is 2.14. The van der Waals surface area contributed by atoms with Crippen molar-refractivity contribution >= 4 is 5.69 Å². The molecule has 0 N–H and O–H groups in total. The van der Waals surface area contributed by atoms with Crippen molar-refractivity contribution in [3.63, 3.8) is 0 Å². The average Bonchev–Trinajstić information content (AvgIpc) is 2.65. The normalized spacial score (nSPS) is 15.0. The largest absolute Gasteiger partial charge is 0.481 e. The van der Waals surface area contributed by atoms with Crippen molar-refractivity contribution in [3.8, 4) is 5.88 Å². The van der Waals surface area contributed by atoms with Gasteiger partial charge in [0.25, 0.3) is 0 Å². The molecule has 0 atom stereocenters. The summed E-state index contributed by atoms with van der Waals surface area (Å²) < 4.78 is 4.99. The first-order valence-electron chi connectivity index (χ1n) is 4.45. The second-order valence-corrected chi connectivity index (χ2v) is 3.23. The van der Waals surface area contributed by atoms with Crippen molar-refractivity contribution in [2.24, 2.45) is 0 Å². The molecule has 0 aliphatic carbocycles. The fraction of sp³-hybridized carbons (Fsp3) is 0.300. The third-order valence-electron chi connectivity index (χ3n) is 2.14. The van der Waals surface area contributed by atoms with Gasteiger partial charge >= 0.3 is 0 Å². The van der Waals surface area contributed by atoms with E-state index in [4.69, 9.17) is 4.74 Å². The summed E-state index contributed by atoms with van der Waals surface area (Å²) in [5, 5.41) is 0. The van der Waals surface area contributed by atoms with Crippen molar-refractivity contribution < 1.29 is 4.74 Å². The van der Waals surface area contributed by atoms with Crippen LogP contribution < -0.4 is 9.64 Å². The van der Waals surface area contributed by atoms with Crippen molar-refractivity contribution in [1.29, 1.82) is 0 Å². The van der Waals surface area contributed by atoms with E-state index >= 15 is 0 Å². The van der Waals surface area contributed by atoms with E-state index in [9.17, 15) is 0 Å². The topological polar surface area (TPSA) is 28.6 Å². The van der Waals surface area contributed by atoms with Crippen LogP contribution in [0.1, 0.15) is 0 Å². The maximum atomic E-state index is 4.99. The van der Waals surface area contributed by atoms with Crippen LogP contribution in [0.3, 0.4) is 0 Å². The van der Waals surface area contributed by atoms with E-state index < -0.39 is 0 Å². The monoisotopic (exact) mass is 191 g/mol. The molecule has 0 aromatic carbocycles. The number of aromatic nitrogens is 1. The number of ether oxygens (including phenoxy) is 1. The van der Waals surface area contributed by atoms with E-state index in [1.54, 1.807) is 7.11 Å². The lowest BCUT2D eigenvalue weighted by Gasteiger charge is -2.17. The number of hydrogen-bond acceptors (Lipinski definition) is 4. The first-order valence-corrected chi connectivity index (χ1v) is 4.45. The molecule has 1 aromatic rings. The van der Waals surface area contributed by atoms with E-state index in [2.05, 4.69) is 14.8 Å². The Morgan fingerprint density at radius 1 is 1.36 bits per heavy atom. The molecule has 0 bridgehead atoms. The summed E-state index contributed by atoms with van der Waals surface area (Å²) in [5.74, 6) is 0.644. The Labute approximate surface area is 83.4 Å². The smallest absolute Gasteiger partial charge is 0.213 e. The molecule has 74 valence electrons. The number of rotatable bonds is 2. The van der Waals surface area contributed by atoms with Crippen molar-refractivity contribution in [2.75, 3.05) is 25.7 Å². The van der Waals surface area contributed by atoms with Crippen LogP contribution in [0.2, 0.25) is 0 Å². The van der Waals surface area contributed by atoms with Gasteiger partial charge in [0.1, 0.15) is 0 Å². The SMILES string of the molecule is COc1ccc(N2C=CN(C)C2)cn1. The van der Waals surface area contributed by atoms with Gasteiger partial charge in [-0.2, -0.15) is 0 Å². The summed E-state index contributed by atoms with van der Waals surface area (Å²) in [4.78, 5) is 8.37. The Morgan fingerprint density at radius 2 is 2.21 bits per heavy atom. The highest BCUT2D eigenvalue weighted by atomic mass is 16.5. The Morgan fingerprint density at radius 3 is 2.71 bits per heavy atom. The molecule has 0 spiro atoms. The van der Waals surface area contributed by atoms with Crippen LogP contribution in [0, 0.1) is 0 Å². The molecule has 0 saturated heterocycles. The van der Waals surface area contributed by atoms with Gasteiger partial charge in [0.2, 0.25) is 5.88 Å². The molecule has 1 aliphatic rings. The van der Waals surface area contributed by atoms with E-state index in [1.165, 1.54) is 0 Å². The predicted octanol–water partition coefficient (Wildman–Crippen LogP) is 1.27. The lowest BCUT2D eigenvalue weighted by molar-refractivity contribution is 0.398. The second kappa shape index (κ2) is 3.57. The van der Waals surface area contributed by atoms with Crippen LogP contribution in [0.5, 0.6) is 5.88 Å². The first kappa shape index (κ1) is 8.87. The molecule has 0 saturated carbocycles. The Bertz CT molecular complexity index is 334. The molecule has 0 unspecified atom stereocenters. The number of anilines is 1. The minimum atomic E-state index is 0.644. The molecular formula is C10H13N3O. The standard InChI is InChI=1S/C10H13N3O/c1-12-5-6-13(8-12)9-3-4-10(14-2)11-7-9/h3-7H,8H2,1-2H3. The fourth-order valence-electron chi connectivity index (χ4n) is 1.36. The number of hydrogen-bond donors (Lipinski definition) is 0. The minimum absolute atomic E-state index is 0.644. The van der Waals surface area contributed by atoms with Gasteiger partial charge in [0, 0.05) is 25.5 Å². The zero-order valence-corrected chi connectivity index (χ0v) is 8.34. The maximum Gasteiger partial charge on any atom is 0.213 e. The molecule has 4 nitrogen and oxygen atoms in total. The molecule has 0 fully saturated rings. The summed E-state index contributed by atoms with van der Waals surface area (Å²) in [6.45, 7) is 0.869. The van der Waals surface area contributed by atoms with Crippen LogP contribution in [0.25, 0.3) is 0 Å². The molecule has 14 heavy (non-hydrogen) atoms. The van der Waals surface area contributed by atoms with Crippen LogP contribution in [0.15, 0.2) is 30.7 Å². The zero-order chi connectivity index (χ0) is 9.97. The van der Waals surface area contributed by atoms with E-state index in [1.807, 2.05) is 37.8 Å². The molecule has 2 rings (SSSR count). The van der Waals surface area contributed by atoms with Crippen LogP contribution >= 0.6 is 0 Å². The molecular weight excluding hydrogens is 178 g/mol. The summed E-state index contributed by atoms with van der Waals surface area (Å²) in [6, 6.07) is 3.86. The van der Waals surface area contributed by atoms with Gasteiger partial charge in [0.05, 0.1) is 25.7 Å². The Balaban J connectivity index is 2.14. The molecule has 0 amide bonds. The minimum Gasteiger partial charge on any atom is -0.481 e. The highest BCUT2D eigenvalue weighted by molar-refractivity contribution is 5.49. The highest BCUT2D eigenvalue weighted by Gasteiger charge is 2.10. The van der Waals surface area contributed by atoms with Crippen molar-refractivity contribution in [2.45, 2.75) is 0 Å². The molecule has 2 heterocycles. The average molecular weight is 191 g/mol. The van der Waals surface area contributed by atoms with Gasteiger partial charge in [-0.1, -0.05) is 0 Å². The molecule has 4 heteroatoms. The predicted molar refractivity (Wildman–Crippen MR) is 55.0 cm³/mol. The summed E-state index contributed by atoms with van der Waals surface area (Å²) in [5.41, 5.74) is 1.08. The zero-order valence-electron chi connectivity index (χ0n) is 8.34.